The van der Waals surface area contributed by atoms with Crippen molar-refractivity contribution in [2.45, 2.75) is 60.3 Å². The molecule has 0 aliphatic carbocycles. The van der Waals surface area contributed by atoms with Crippen LogP contribution in [0.4, 0.5) is 0 Å². The minimum absolute atomic E-state index is 0.0575. The fourth-order valence-electron chi connectivity index (χ4n) is 5.11. The van der Waals surface area contributed by atoms with Gasteiger partial charge in [0, 0.05) is 27.2 Å². The summed E-state index contributed by atoms with van der Waals surface area (Å²) in [6.45, 7) is 16.0. The van der Waals surface area contributed by atoms with Gasteiger partial charge in [0.25, 0.3) is 0 Å². The van der Waals surface area contributed by atoms with E-state index in [9.17, 15) is 0 Å². The maximum atomic E-state index is 5.01. The summed E-state index contributed by atoms with van der Waals surface area (Å²) in [5.41, 5.74) is 7.92. The normalized spacial score (nSPS) is 12.5. The van der Waals surface area contributed by atoms with Crippen LogP contribution in [-0.4, -0.2) is 4.98 Å². The summed E-state index contributed by atoms with van der Waals surface area (Å²) in [4.78, 5) is 5.01. The molecular weight excluding hydrogens is 418 g/mol. The number of aryl methyl sites for hydroxylation is 2. The first kappa shape index (κ1) is 22.1. The number of hydrogen-bond donors (Lipinski definition) is 0. The molecule has 0 saturated heterocycles. The number of nitrogens with zero attached hydrogens (tertiary/aromatic N) is 1. The van der Waals surface area contributed by atoms with Crippen LogP contribution in [0.5, 0.6) is 0 Å². The van der Waals surface area contributed by atoms with E-state index in [2.05, 4.69) is 103 Å². The summed E-state index contributed by atoms with van der Waals surface area (Å²) < 4.78 is 2.72. The van der Waals surface area contributed by atoms with Crippen LogP contribution in [0, 0.1) is 19.8 Å². The van der Waals surface area contributed by atoms with Gasteiger partial charge in [-0.05, 0) is 76.8 Å². The van der Waals surface area contributed by atoms with Crippen molar-refractivity contribution >= 4 is 42.3 Å². The molecule has 0 amide bonds. The minimum atomic E-state index is 0.0575. The molecule has 0 radical (unpaired) electrons. The van der Waals surface area contributed by atoms with Crippen molar-refractivity contribution in [3.8, 4) is 11.3 Å². The molecule has 2 heterocycles. The monoisotopic (exact) mass is 451 g/mol. The number of rotatable bonds is 3. The summed E-state index contributed by atoms with van der Waals surface area (Å²) in [6.07, 6.45) is 3.19. The fraction of sp³-hybridized carbons (Fsp3) is 0.323. The molecule has 0 bridgehead atoms. The van der Waals surface area contributed by atoms with E-state index in [1.165, 1.54) is 58.8 Å². The predicted molar refractivity (Wildman–Crippen MR) is 147 cm³/mol. The molecule has 0 aliphatic heterocycles. The van der Waals surface area contributed by atoms with Crippen molar-refractivity contribution in [2.75, 3.05) is 0 Å². The molecule has 3 aromatic carbocycles. The Hall–Kier alpha value is -2.71. The van der Waals surface area contributed by atoms with Crippen LogP contribution >= 0.6 is 11.3 Å². The molecule has 0 N–H and O–H groups in total. The highest BCUT2D eigenvalue weighted by Gasteiger charge is 2.21. The van der Waals surface area contributed by atoms with Gasteiger partial charge < -0.3 is 0 Å². The minimum Gasteiger partial charge on any atom is -0.254 e. The van der Waals surface area contributed by atoms with E-state index in [1.54, 1.807) is 0 Å². The third-order valence-corrected chi connectivity index (χ3v) is 8.12. The second kappa shape index (κ2) is 7.95. The molecule has 0 saturated carbocycles. The predicted octanol–water partition coefficient (Wildman–Crippen LogP) is 9.38. The quantitative estimate of drug-likeness (QED) is 0.266. The van der Waals surface area contributed by atoms with E-state index in [0.29, 0.717) is 5.92 Å². The van der Waals surface area contributed by atoms with Crippen molar-refractivity contribution in [1.82, 2.24) is 4.98 Å². The lowest BCUT2D eigenvalue weighted by atomic mass is 9.82. The summed E-state index contributed by atoms with van der Waals surface area (Å²) in [6, 6.07) is 18.1. The molecule has 0 spiro atoms. The molecule has 2 aromatic heterocycles. The lowest BCUT2D eigenvalue weighted by Crippen LogP contribution is -2.12. The number of hydrogen-bond acceptors (Lipinski definition) is 2. The SMILES string of the molecule is Cc1c(CC(C)C)ccc2c1sc1c(-c3cc(C(C)(C)C)c4ccccc4c3)ncc(C)c12. The Balaban J connectivity index is 1.83. The number of aromatic nitrogens is 1. The Morgan fingerprint density at radius 3 is 2.39 bits per heavy atom. The van der Waals surface area contributed by atoms with Gasteiger partial charge in [0.1, 0.15) is 0 Å². The first-order valence-electron chi connectivity index (χ1n) is 12.0. The zero-order valence-electron chi connectivity index (χ0n) is 20.8. The van der Waals surface area contributed by atoms with Gasteiger partial charge in [0.2, 0.25) is 0 Å². The van der Waals surface area contributed by atoms with Crippen molar-refractivity contribution in [3.05, 3.63) is 77.0 Å². The van der Waals surface area contributed by atoms with Crippen LogP contribution in [0.25, 0.3) is 42.2 Å². The summed E-state index contributed by atoms with van der Waals surface area (Å²) >= 11 is 1.92. The molecule has 0 atom stereocenters. The number of pyridine rings is 1. The van der Waals surface area contributed by atoms with Crippen LogP contribution < -0.4 is 0 Å². The van der Waals surface area contributed by atoms with Crippen LogP contribution in [0.15, 0.2) is 54.7 Å². The van der Waals surface area contributed by atoms with Gasteiger partial charge in [0.15, 0.2) is 0 Å². The van der Waals surface area contributed by atoms with E-state index in [1.807, 2.05) is 11.3 Å². The standard InChI is InChI=1S/C31H33NS/c1-18(2)14-21-12-13-25-27-19(3)17-32-28(30(27)33-29(25)20(21)4)23-15-22-10-8-9-11-24(22)26(16-23)31(5,6)7/h8-13,15-18H,14H2,1-7H3. The molecule has 33 heavy (non-hydrogen) atoms. The molecule has 5 aromatic rings. The Morgan fingerprint density at radius 1 is 0.909 bits per heavy atom. The fourth-order valence-corrected chi connectivity index (χ4v) is 6.52. The van der Waals surface area contributed by atoms with Crippen LogP contribution in [0.1, 0.15) is 56.9 Å². The Kier molecular flexibility index (Phi) is 5.33. The zero-order valence-corrected chi connectivity index (χ0v) is 21.7. The number of thiophene rings is 1. The number of fused-ring (bicyclic) bond motifs is 4. The molecule has 168 valence electrons. The highest BCUT2D eigenvalue weighted by Crippen LogP contribution is 2.44. The highest BCUT2D eigenvalue weighted by molar-refractivity contribution is 7.26. The maximum Gasteiger partial charge on any atom is 0.0881 e. The molecule has 0 aliphatic rings. The van der Waals surface area contributed by atoms with Gasteiger partial charge in [-0.3, -0.25) is 4.98 Å². The lowest BCUT2D eigenvalue weighted by Gasteiger charge is -2.23. The first-order chi connectivity index (χ1) is 15.6. The maximum absolute atomic E-state index is 5.01. The van der Waals surface area contributed by atoms with Gasteiger partial charge in [-0.25, -0.2) is 0 Å². The van der Waals surface area contributed by atoms with Crippen LogP contribution in [-0.2, 0) is 11.8 Å². The second-order valence-electron chi connectivity index (χ2n) is 10.9. The van der Waals surface area contributed by atoms with Gasteiger partial charge in [0.05, 0.1) is 10.4 Å². The summed E-state index contributed by atoms with van der Waals surface area (Å²) in [5, 5.41) is 5.36. The van der Waals surface area contributed by atoms with E-state index >= 15 is 0 Å². The van der Waals surface area contributed by atoms with Gasteiger partial charge in [-0.1, -0.05) is 71.0 Å². The molecule has 2 heteroatoms. The Labute approximate surface area is 201 Å². The lowest BCUT2D eigenvalue weighted by molar-refractivity contribution is 0.596. The van der Waals surface area contributed by atoms with E-state index in [0.717, 1.165) is 12.1 Å². The number of benzene rings is 3. The summed E-state index contributed by atoms with van der Waals surface area (Å²) in [7, 11) is 0. The smallest absolute Gasteiger partial charge is 0.0881 e. The van der Waals surface area contributed by atoms with Crippen LogP contribution in [0.3, 0.4) is 0 Å². The first-order valence-corrected chi connectivity index (χ1v) is 12.8. The molecule has 0 fully saturated rings. The van der Waals surface area contributed by atoms with Crippen molar-refractivity contribution in [1.29, 1.82) is 0 Å². The van der Waals surface area contributed by atoms with Gasteiger partial charge in [-0.2, -0.15) is 0 Å². The van der Waals surface area contributed by atoms with Gasteiger partial charge >= 0.3 is 0 Å². The Morgan fingerprint density at radius 2 is 1.67 bits per heavy atom. The third-order valence-electron chi connectivity index (χ3n) is 6.79. The largest absolute Gasteiger partial charge is 0.254 e. The molecule has 5 rings (SSSR count). The molecule has 0 unspecified atom stereocenters. The van der Waals surface area contributed by atoms with Gasteiger partial charge in [-0.15, -0.1) is 11.3 Å². The Bertz CT molecular complexity index is 1510. The summed E-state index contributed by atoms with van der Waals surface area (Å²) in [5.74, 6) is 0.655. The second-order valence-corrected chi connectivity index (χ2v) is 11.9. The van der Waals surface area contributed by atoms with Crippen molar-refractivity contribution in [3.63, 3.8) is 0 Å². The zero-order chi connectivity index (χ0) is 23.5. The van der Waals surface area contributed by atoms with E-state index in [4.69, 9.17) is 4.98 Å². The van der Waals surface area contributed by atoms with Crippen molar-refractivity contribution < 1.29 is 0 Å². The average Bonchev–Trinajstić information content (AvgIpc) is 3.15. The topological polar surface area (TPSA) is 12.9 Å². The molecular formula is C31H33NS. The van der Waals surface area contributed by atoms with E-state index < -0.39 is 0 Å². The molecule has 1 nitrogen and oxygen atoms in total. The average molecular weight is 452 g/mol. The van der Waals surface area contributed by atoms with Crippen LogP contribution in [0.2, 0.25) is 0 Å². The highest BCUT2D eigenvalue weighted by atomic mass is 32.1. The third kappa shape index (κ3) is 3.75. The van der Waals surface area contributed by atoms with E-state index in [-0.39, 0.29) is 5.41 Å². The van der Waals surface area contributed by atoms with Crippen molar-refractivity contribution in [2.24, 2.45) is 5.92 Å².